The molecule has 0 spiro atoms. The molecule has 0 saturated carbocycles. The summed E-state index contributed by atoms with van der Waals surface area (Å²) in [4.78, 5) is 0. The normalized spacial score (nSPS) is 16.2. The fourth-order valence-corrected chi connectivity index (χ4v) is 5.90. The van der Waals surface area contributed by atoms with Gasteiger partial charge in [0.1, 0.15) is 0 Å². The van der Waals surface area contributed by atoms with E-state index in [2.05, 4.69) is 0 Å². The van der Waals surface area contributed by atoms with Crippen LogP contribution in [0.5, 0.6) is 0 Å². The molecule has 0 N–H and O–H groups in total. The van der Waals surface area contributed by atoms with Crippen LogP contribution in [0.2, 0.25) is 0 Å². The zero-order valence-corrected chi connectivity index (χ0v) is 11.7. The minimum absolute atomic E-state index is 7.38. The summed E-state index contributed by atoms with van der Waals surface area (Å²) in [6, 6.07) is 0. The first kappa shape index (κ1) is 23.7. The van der Waals surface area contributed by atoms with Crippen LogP contribution in [-0.4, -0.2) is 35.0 Å². The molecule has 24 heavy (non-hydrogen) atoms. The van der Waals surface area contributed by atoms with Crippen molar-refractivity contribution in [3.05, 3.63) is 0 Å². The van der Waals surface area contributed by atoms with Gasteiger partial charge in [-0.3, -0.25) is 0 Å². The molecule has 0 aromatic heterocycles. The monoisotopic (exact) mass is 438 g/mol. The van der Waals surface area contributed by atoms with E-state index in [0.717, 1.165) is 0 Å². The van der Waals surface area contributed by atoms with Gasteiger partial charge in [0.2, 0.25) is 0 Å². The molecular formula is C6F16P2. The molecule has 0 atom stereocenters. The molecular weight excluding hydrogens is 438 g/mol. The Kier molecular flexibility index (Phi) is 6.10. The highest BCUT2D eigenvalue weighted by Crippen LogP contribution is 2.89. The SMILES string of the molecule is FC(F)(F)P(C(F)(F)F)C(F)(P(C(F)(F)F)C(F)(F)F)C(F)(F)F. The Bertz CT molecular complexity index is 372. The first-order chi connectivity index (χ1) is 9.98. The minimum atomic E-state index is -7.76. The molecule has 0 fully saturated rings. The summed E-state index contributed by atoms with van der Waals surface area (Å²) in [7, 11) is -14.9. The van der Waals surface area contributed by atoms with Crippen molar-refractivity contribution in [2.24, 2.45) is 0 Å². The summed E-state index contributed by atoms with van der Waals surface area (Å²) >= 11 is 0. The summed E-state index contributed by atoms with van der Waals surface area (Å²) in [5.41, 5.74) is 0. The van der Waals surface area contributed by atoms with Crippen molar-refractivity contribution >= 4 is 15.8 Å². The molecule has 0 nitrogen and oxygen atoms in total. The van der Waals surface area contributed by atoms with Gasteiger partial charge in [0, 0.05) is 0 Å². The molecule has 0 aliphatic heterocycles. The van der Waals surface area contributed by atoms with Crippen LogP contribution < -0.4 is 0 Å². The maximum Gasteiger partial charge on any atom is 0.431 e. The summed E-state index contributed by atoms with van der Waals surface area (Å²) in [5.74, 6) is -29.5. The van der Waals surface area contributed by atoms with E-state index in [1.807, 2.05) is 0 Å². The lowest BCUT2D eigenvalue weighted by atomic mass is 10.7. The van der Waals surface area contributed by atoms with Crippen LogP contribution in [0.1, 0.15) is 0 Å². The zero-order chi connectivity index (χ0) is 20.2. The lowest BCUT2D eigenvalue weighted by Gasteiger charge is -2.42. The average molecular weight is 438 g/mol. The van der Waals surface area contributed by atoms with Gasteiger partial charge in [-0.15, -0.1) is 0 Å². The van der Waals surface area contributed by atoms with Gasteiger partial charge in [0.05, 0.1) is 0 Å². The molecule has 0 aliphatic rings. The lowest BCUT2D eigenvalue weighted by Crippen LogP contribution is -2.49. The fourth-order valence-electron chi connectivity index (χ4n) is 1.31. The molecule has 0 rings (SSSR count). The Morgan fingerprint density at radius 1 is 0.333 bits per heavy atom. The largest absolute Gasteiger partial charge is 0.431 e. The van der Waals surface area contributed by atoms with E-state index in [1.165, 1.54) is 0 Å². The Morgan fingerprint density at radius 2 is 0.500 bits per heavy atom. The van der Waals surface area contributed by atoms with E-state index in [0.29, 0.717) is 0 Å². The van der Waals surface area contributed by atoms with E-state index in [1.54, 1.807) is 0 Å². The Morgan fingerprint density at radius 3 is 0.583 bits per heavy atom. The molecule has 0 saturated heterocycles. The van der Waals surface area contributed by atoms with Crippen LogP contribution in [0.3, 0.4) is 0 Å². The third-order valence-corrected chi connectivity index (χ3v) is 6.89. The second-order valence-corrected chi connectivity index (χ2v) is 8.58. The second kappa shape index (κ2) is 6.17. The predicted octanol–water partition coefficient (Wildman–Crippen LogP) is 7.22. The fraction of sp³-hybridized carbons (Fsp3) is 1.00. The molecule has 18 heteroatoms. The van der Waals surface area contributed by atoms with Crippen LogP contribution in [-0.2, 0) is 0 Å². The molecule has 0 radical (unpaired) electrons. The van der Waals surface area contributed by atoms with Crippen LogP contribution in [0.4, 0.5) is 70.2 Å². The molecule has 146 valence electrons. The molecule has 0 aromatic rings. The highest BCUT2D eigenvalue weighted by atomic mass is 31.2. The van der Waals surface area contributed by atoms with E-state index in [-0.39, 0.29) is 0 Å². The van der Waals surface area contributed by atoms with Gasteiger partial charge in [0.25, 0.3) is 5.15 Å². The number of halogens is 16. The van der Waals surface area contributed by atoms with Crippen LogP contribution in [0.15, 0.2) is 0 Å². The summed E-state index contributed by atoms with van der Waals surface area (Å²) in [5, 5.41) is -7.66. The van der Waals surface area contributed by atoms with Crippen molar-refractivity contribution in [3.63, 3.8) is 0 Å². The predicted molar refractivity (Wildman–Crippen MR) is 48.0 cm³/mol. The standard InChI is InChI=1S/C6F16P2/c7-1(8,9)2(10,23(3(11,12)13)4(14,15)16)24(5(17,18)19)6(20,21)22. The van der Waals surface area contributed by atoms with Crippen LogP contribution in [0, 0.1) is 0 Å². The third-order valence-electron chi connectivity index (χ3n) is 1.97. The Hall–Kier alpha value is -0.260. The number of hydrogen-bond acceptors (Lipinski definition) is 0. The number of hydrogen-bond donors (Lipinski definition) is 0. The van der Waals surface area contributed by atoms with Gasteiger partial charge >= 0.3 is 29.8 Å². The topological polar surface area (TPSA) is 0 Å². The van der Waals surface area contributed by atoms with E-state index in [9.17, 15) is 70.2 Å². The second-order valence-electron chi connectivity index (χ2n) is 3.63. The molecule has 0 aromatic carbocycles. The van der Waals surface area contributed by atoms with Crippen LogP contribution in [0.25, 0.3) is 0 Å². The highest BCUT2D eigenvalue weighted by Gasteiger charge is 2.86. The van der Waals surface area contributed by atoms with Gasteiger partial charge in [-0.1, -0.05) is 0 Å². The van der Waals surface area contributed by atoms with Gasteiger partial charge in [-0.05, 0) is 0 Å². The molecule has 0 aliphatic carbocycles. The quantitative estimate of drug-likeness (QED) is 0.316. The van der Waals surface area contributed by atoms with Crippen molar-refractivity contribution in [2.45, 2.75) is 35.0 Å². The molecule has 0 heterocycles. The molecule has 0 amide bonds. The van der Waals surface area contributed by atoms with Crippen molar-refractivity contribution < 1.29 is 70.2 Å². The maximum atomic E-state index is 13.7. The Balaban J connectivity index is 6.96. The van der Waals surface area contributed by atoms with E-state index in [4.69, 9.17) is 0 Å². The summed E-state index contributed by atoms with van der Waals surface area (Å²) in [6.45, 7) is 0. The van der Waals surface area contributed by atoms with Crippen molar-refractivity contribution in [1.29, 1.82) is 0 Å². The van der Waals surface area contributed by atoms with E-state index >= 15 is 0 Å². The van der Waals surface area contributed by atoms with E-state index < -0.39 is 50.8 Å². The highest BCUT2D eigenvalue weighted by molar-refractivity contribution is 7.79. The van der Waals surface area contributed by atoms with Gasteiger partial charge in [-0.25, -0.2) is 4.39 Å². The first-order valence-electron chi connectivity index (χ1n) is 4.62. The summed E-state index contributed by atoms with van der Waals surface area (Å²) < 4.78 is 197. The third kappa shape index (κ3) is 4.67. The smallest absolute Gasteiger partial charge is 0.222 e. The van der Waals surface area contributed by atoms with Crippen LogP contribution >= 0.6 is 15.8 Å². The Labute approximate surface area is 122 Å². The number of rotatable bonds is 2. The number of alkyl halides is 16. The zero-order valence-electron chi connectivity index (χ0n) is 9.94. The maximum absolute atomic E-state index is 13.7. The minimum Gasteiger partial charge on any atom is -0.222 e. The van der Waals surface area contributed by atoms with Crippen molar-refractivity contribution in [3.8, 4) is 0 Å². The molecule has 0 bridgehead atoms. The average Bonchev–Trinajstić information content (AvgIpc) is 2.02. The van der Waals surface area contributed by atoms with Gasteiger partial charge < -0.3 is 0 Å². The lowest BCUT2D eigenvalue weighted by molar-refractivity contribution is -0.190. The van der Waals surface area contributed by atoms with Crippen molar-refractivity contribution in [2.75, 3.05) is 0 Å². The first-order valence-corrected chi connectivity index (χ1v) is 7.30. The van der Waals surface area contributed by atoms with Gasteiger partial charge in [-0.2, -0.15) is 65.9 Å². The van der Waals surface area contributed by atoms with Gasteiger partial charge in [0.15, 0.2) is 15.8 Å². The molecule has 0 unspecified atom stereocenters. The summed E-state index contributed by atoms with van der Waals surface area (Å²) in [6.07, 6.45) is -7.76. The van der Waals surface area contributed by atoms with Crippen molar-refractivity contribution in [1.82, 2.24) is 0 Å².